The molecule has 0 spiro atoms. The highest BCUT2D eigenvalue weighted by atomic mass is 16.3. The summed E-state index contributed by atoms with van der Waals surface area (Å²) in [4.78, 5) is 16.5. The van der Waals surface area contributed by atoms with E-state index in [4.69, 9.17) is 0 Å². The first-order chi connectivity index (χ1) is 10.9. The quantitative estimate of drug-likeness (QED) is 0.817. The van der Waals surface area contributed by atoms with Crippen LogP contribution < -0.4 is 5.32 Å². The van der Waals surface area contributed by atoms with E-state index in [0.29, 0.717) is 25.8 Å². The van der Waals surface area contributed by atoms with Gasteiger partial charge in [0.15, 0.2) is 5.65 Å². The summed E-state index contributed by atoms with van der Waals surface area (Å²) < 4.78 is 1.83. The topological polar surface area (TPSA) is 79.5 Å². The Morgan fingerprint density at radius 1 is 1.39 bits per heavy atom. The highest BCUT2D eigenvalue weighted by Crippen LogP contribution is 2.16. The highest BCUT2D eigenvalue weighted by molar-refractivity contribution is 5.76. The van der Waals surface area contributed by atoms with Crippen LogP contribution in [0.4, 0.5) is 0 Å². The van der Waals surface area contributed by atoms with Crippen molar-refractivity contribution in [3.63, 3.8) is 0 Å². The number of hydrogen-bond acceptors (Lipinski definition) is 4. The summed E-state index contributed by atoms with van der Waals surface area (Å²) in [7, 11) is 0. The second kappa shape index (κ2) is 7.55. The number of aliphatic hydroxyl groups is 1. The number of aliphatic hydroxyl groups excluding tert-OH is 1. The predicted octanol–water partition coefficient (Wildman–Crippen LogP) is 1.86. The van der Waals surface area contributed by atoms with Crippen molar-refractivity contribution in [1.82, 2.24) is 19.9 Å². The largest absolute Gasteiger partial charge is 0.391 e. The molecular formula is C17H26N4O2. The minimum Gasteiger partial charge on any atom is -0.391 e. The number of nitrogens with one attached hydrogen (secondary N) is 1. The summed E-state index contributed by atoms with van der Waals surface area (Å²) in [5.41, 5.74) is 4.80. The Balaban J connectivity index is 2.00. The molecule has 2 heterocycles. The molecule has 2 aromatic rings. The molecule has 126 valence electrons. The first-order valence-corrected chi connectivity index (χ1v) is 8.19. The maximum Gasteiger partial charge on any atom is 0.220 e. The lowest BCUT2D eigenvalue weighted by molar-refractivity contribution is -0.121. The number of fused-ring (bicyclic) bond motifs is 1. The van der Waals surface area contributed by atoms with E-state index in [1.54, 1.807) is 0 Å². The molecule has 0 fully saturated rings. The normalized spacial score (nSPS) is 12.6. The van der Waals surface area contributed by atoms with Crippen molar-refractivity contribution < 1.29 is 9.90 Å². The van der Waals surface area contributed by atoms with Crippen molar-refractivity contribution in [1.29, 1.82) is 0 Å². The maximum absolute atomic E-state index is 12.0. The zero-order valence-corrected chi connectivity index (χ0v) is 14.4. The molecule has 0 aromatic carbocycles. The predicted molar refractivity (Wildman–Crippen MR) is 89.4 cm³/mol. The Kier molecular flexibility index (Phi) is 5.71. The monoisotopic (exact) mass is 318 g/mol. The van der Waals surface area contributed by atoms with Gasteiger partial charge in [-0.3, -0.25) is 4.79 Å². The van der Waals surface area contributed by atoms with Crippen LogP contribution in [0, 0.1) is 20.8 Å². The van der Waals surface area contributed by atoms with Gasteiger partial charge in [0.25, 0.3) is 0 Å². The van der Waals surface area contributed by atoms with Crippen LogP contribution in [-0.2, 0) is 11.2 Å². The van der Waals surface area contributed by atoms with Crippen LogP contribution in [0.1, 0.15) is 48.8 Å². The number of aryl methyl sites for hydroxylation is 3. The molecule has 0 saturated carbocycles. The number of aromatic nitrogens is 3. The average Bonchev–Trinajstić information content (AvgIpc) is 2.86. The van der Waals surface area contributed by atoms with Crippen molar-refractivity contribution in [3.8, 4) is 0 Å². The molecule has 0 bridgehead atoms. The summed E-state index contributed by atoms with van der Waals surface area (Å²) >= 11 is 0. The molecule has 6 heteroatoms. The minimum atomic E-state index is -0.461. The van der Waals surface area contributed by atoms with Crippen LogP contribution in [0.5, 0.6) is 0 Å². The summed E-state index contributed by atoms with van der Waals surface area (Å²) in [6, 6.07) is 1.95. The first kappa shape index (κ1) is 17.4. The summed E-state index contributed by atoms with van der Waals surface area (Å²) in [6.07, 6.45) is 2.16. The van der Waals surface area contributed by atoms with E-state index in [1.165, 1.54) is 0 Å². The lowest BCUT2D eigenvalue weighted by Gasteiger charge is -2.12. The van der Waals surface area contributed by atoms with Crippen LogP contribution in [0.3, 0.4) is 0 Å². The van der Waals surface area contributed by atoms with Crippen LogP contribution in [0.2, 0.25) is 0 Å². The number of nitrogens with zero attached hydrogens (tertiary/aromatic N) is 3. The highest BCUT2D eigenvalue weighted by Gasteiger charge is 2.13. The van der Waals surface area contributed by atoms with Crippen molar-refractivity contribution in [3.05, 3.63) is 28.7 Å². The van der Waals surface area contributed by atoms with Gasteiger partial charge in [-0.15, -0.1) is 0 Å². The molecule has 6 nitrogen and oxygen atoms in total. The third kappa shape index (κ3) is 4.28. The number of rotatable bonds is 7. The number of hydrogen-bond donors (Lipinski definition) is 2. The van der Waals surface area contributed by atoms with Crippen molar-refractivity contribution in [2.75, 3.05) is 6.54 Å². The van der Waals surface area contributed by atoms with Crippen LogP contribution in [0.25, 0.3) is 5.65 Å². The van der Waals surface area contributed by atoms with Crippen molar-refractivity contribution in [2.24, 2.45) is 0 Å². The van der Waals surface area contributed by atoms with Gasteiger partial charge in [-0.25, -0.2) is 9.50 Å². The van der Waals surface area contributed by atoms with Gasteiger partial charge in [0.1, 0.15) is 0 Å². The zero-order chi connectivity index (χ0) is 17.0. The molecular weight excluding hydrogens is 292 g/mol. The lowest BCUT2D eigenvalue weighted by atomic mass is 10.1. The van der Waals surface area contributed by atoms with Crippen LogP contribution in [0.15, 0.2) is 6.07 Å². The van der Waals surface area contributed by atoms with Gasteiger partial charge < -0.3 is 10.4 Å². The van der Waals surface area contributed by atoms with E-state index in [2.05, 4.69) is 15.4 Å². The van der Waals surface area contributed by atoms with E-state index in [9.17, 15) is 9.90 Å². The van der Waals surface area contributed by atoms with Crippen LogP contribution >= 0.6 is 0 Å². The molecule has 2 aromatic heterocycles. The van der Waals surface area contributed by atoms with Gasteiger partial charge in [-0.2, -0.15) is 5.10 Å². The summed E-state index contributed by atoms with van der Waals surface area (Å²) in [5.74, 6) is -0.0457. The van der Waals surface area contributed by atoms with Crippen molar-refractivity contribution >= 4 is 11.6 Å². The van der Waals surface area contributed by atoms with E-state index in [-0.39, 0.29) is 5.91 Å². The Hall–Kier alpha value is -1.95. The molecule has 2 N–H and O–H groups in total. The molecule has 0 aliphatic carbocycles. The van der Waals surface area contributed by atoms with Gasteiger partial charge in [0, 0.05) is 30.4 Å². The Bertz CT molecular complexity index is 693. The Labute approximate surface area is 136 Å². The fourth-order valence-electron chi connectivity index (χ4n) is 2.80. The van der Waals surface area contributed by atoms with Crippen molar-refractivity contribution in [2.45, 2.75) is 59.5 Å². The Morgan fingerprint density at radius 3 is 2.83 bits per heavy atom. The fraction of sp³-hybridized carbons (Fsp3) is 0.588. The second-order valence-electron chi connectivity index (χ2n) is 6.06. The maximum atomic E-state index is 12.0. The van der Waals surface area contributed by atoms with Gasteiger partial charge >= 0.3 is 0 Å². The number of amides is 1. The Morgan fingerprint density at radius 2 is 2.13 bits per heavy atom. The zero-order valence-electron chi connectivity index (χ0n) is 14.4. The summed E-state index contributed by atoms with van der Waals surface area (Å²) in [5, 5.41) is 16.9. The molecule has 1 atom stereocenters. The molecule has 0 aliphatic rings. The SMILES string of the molecule is CCCC(O)CNC(=O)CCc1c(C)nc2cc(C)nn2c1C. The van der Waals surface area contributed by atoms with Gasteiger partial charge in [0.2, 0.25) is 5.91 Å². The standard InChI is InChI=1S/C17H26N4O2/c1-5-6-14(22)10-18-17(23)8-7-15-12(3)19-16-9-11(2)20-21(16)13(15)4/h9,14,22H,5-8,10H2,1-4H3,(H,18,23). The lowest BCUT2D eigenvalue weighted by Crippen LogP contribution is -2.32. The fourth-order valence-corrected chi connectivity index (χ4v) is 2.80. The van der Waals surface area contributed by atoms with E-state index < -0.39 is 6.10 Å². The molecule has 0 radical (unpaired) electrons. The molecule has 0 saturated heterocycles. The number of carbonyl (C=O) groups is 1. The second-order valence-corrected chi connectivity index (χ2v) is 6.06. The van der Waals surface area contributed by atoms with Gasteiger partial charge in [-0.1, -0.05) is 13.3 Å². The van der Waals surface area contributed by atoms with Crippen LogP contribution in [-0.4, -0.2) is 38.3 Å². The molecule has 2 rings (SSSR count). The molecule has 23 heavy (non-hydrogen) atoms. The minimum absolute atomic E-state index is 0.0457. The van der Waals surface area contributed by atoms with E-state index in [0.717, 1.165) is 34.7 Å². The first-order valence-electron chi connectivity index (χ1n) is 8.19. The van der Waals surface area contributed by atoms with Gasteiger partial charge in [0.05, 0.1) is 11.8 Å². The number of carbonyl (C=O) groups excluding carboxylic acids is 1. The van der Waals surface area contributed by atoms with E-state index >= 15 is 0 Å². The summed E-state index contributed by atoms with van der Waals surface area (Å²) in [6.45, 7) is 8.25. The van der Waals surface area contributed by atoms with E-state index in [1.807, 2.05) is 38.3 Å². The van der Waals surface area contributed by atoms with Gasteiger partial charge in [-0.05, 0) is 39.2 Å². The average molecular weight is 318 g/mol. The third-order valence-electron chi connectivity index (χ3n) is 4.04. The molecule has 1 unspecified atom stereocenters. The molecule has 1 amide bonds. The smallest absolute Gasteiger partial charge is 0.220 e. The third-order valence-corrected chi connectivity index (χ3v) is 4.04. The molecule has 0 aliphatic heterocycles.